The van der Waals surface area contributed by atoms with E-state index in [0.717, 1.165) is 15.6 Å². The van der Waals surface area contributed by atoms with E-state index in [1.807, 2.05) is 31.3 Å². The normalized spacial score (nSPS) is 12.6. The molecule has 0 saturated heterocycles. The maximum atomic E-state index is 13.7. The molecule has 0 fully saturated rings. The lowest BCUT2D eigenvalue weighted by Crippen LogP contribution is -2.19. The summed E-state index contributed by atoms with van der Waals surface area (Å²) in [6, 6.07) is 10.7. The molecule has 0 saturated carbocycles. The Hall–Kier alpha value is -0.900. The van der Waals surface area contributed by atoms with E-state index in [2.05, 4.69) is 5.32 Å². The molecule has 0 radical (unpaired) electrons. The molecular weight excluding hydrogens is 257 g/mol. The molecule has 0 aliphatic carbocycles. The maximum absolute atomic E-state index is 13.7. The van der Waals surface area contributed by atoms with Crippen LogP contribution in [0.5, 0.6) is 0 Å². The first kappa shape index (κ1) is 12.6. The summed E-state index contributed by atoms with van der Waals surface area (Å²) in [5, 5.41) is 3.14. The Labute approximate surface area is 109 Å². The third kappa shape index (κ3) is 3.06. The minimum absolute atomic E-state index is 0.0223. The summed E-state index contributed by atoms with van der Waals surface area (Å²) in [6.45, 7) is 0. The summed E-state index contributed by atoms with van der Waals surface area (Å²) in [5.41, 5.74) is 0.694. The van der Waals surface area contributed by atoms with Crippen LogP contribution in [0.25, 0.3) is 0 Å². The molecule has 0 aliphatic heterocycles. The Bertz CT molecular complexity index is 498. The third-order valence-electron chi connectivity index (χ3n) is 2.66. The van der Waals surface area contributed by atoms with E-state index in [0.29, 0.717) is 5.56 Å². The number of benzene rings is 1. The van der Waals surface area contributed by atoms with E-state index in [1.54, 1.807) is 6.07 Å². The number of hydrogen-bond donors (Lipinski definition) is 1. The second kappa shape index (κ2) is 5.63. The Kier molecular flexibility index (Phi) is 4.15. The van der Waals surface area contributed by atoms with Gasteiger partial charge in [0.1, 0.15) is 5.82 Å². The molecule has 1 aromatic heterocycles. The topological polar surface area (TPSA) is 12.0 Å². The zero-order chi connectivity index (χ0) is 12.3. The lowest BCUT2D eigenvalue weighted by molar-refractivity contribution is 0.536. The van der Waals surface area contributed by atoms with Gasteiger partial charge in [-0.15, -0.1) is 11.3 Å². The molecule has 1 heterocycles. The molecule has 1 unspecified atom stereocenters. The molecule has 17 heavy (non-hydrogen) atoms. The second-order valence-corrected chi connectivity index (χ2v) is 5.57. The third-order valence-corrected chi connectivity index (χ3v) is 3.92. The highest BCUT2D eigenvalue weighted by atomic mass is 35.5. The van der Waals surface area contributed by atoms with Crippen molar-refractivity contribution < 1.29 is 4.39 Å². The van der Waals surface area contributed by atoms with Crippen molar-refractivity contribution in [1.82, 2.24) is 5.32 Å². The van der Waals surface area contributed by atoms with Gasteiger partial charge in [-0.1, -0.05) is 29.8 Å². The van der Waals surface area contributed by atoms with Gasteiger partial charge in [0.25, 0.3) is 0 Å². The van der Waals surface area contributed by atoms with E-state index in [-0.39, 0.29) is 11.9 Å². The molecule has 0 spiro atoms. The standard InChI is InChI=1S/C13H13ClFNS/c1-16-12(8-9-6-7-13(14)17-9)10-4-2-3-5-11(10)15/h2-7,12,16H,8H2,1H3. The molecule has 1 nitrogen and oxygen atoms in total. The number of halogens is 2. The zero-order valence-corrected chi connectivity index (χ0v) is 11.0. The number of nitrogens with one attached hydrogen (secondary N) is 1. The minimum Gasteiger partial charge on any atom is -0.313 e. The largest absolute Gasteiger partial charge is 0.313 e. The molecule has 1 N–H and O–H groups in total. The first-order valence-corrected chi connectivity index (χ1v) is 6.56. The summed E-state index contributed by atoms with van der Waals surface area (Å²) >= 11 is 7.42. The highest BCUT2D eigenvalue weighted by Crippen LogP contribution is 2.27. The first-order chi connectivity index (χ1) is 8.20. The van der Waals surface area contributed by atoms with Gasteiger partial charge in [-0.25, -0.2) is 4.39 Å². The predicted molar refractivity (Wildman–Crippen MR) is 71.2 cm³/mol. The number of likely N-dealkylation sites (N-methyl/N-ethyl adjacent to an activating group) is 1. The van der Waals surface area contributed by atoms with Crippen molar-refractivity contribution in [3.8, 4) is 0 Å². The number of thiophene rings is 1. The van der Waals surface area contributed by atoms with Crippen LogP contribution in [0.2, 0.25) is 4.34 Å². The summed E-state index contributed by atoms with van der Waals surface area (Å²) in [4.78, 5) is 1.15. The van der Waals surface area contributed by atoms with Crippen LogP contribution in [0.3, 0.4) is 0 Å². The number of hydrogen-bond acceptors (Lipinski definition) is 2. The summed E-state index contributed by atoms with van der Waals surface area (Å²) in [5.74, 6) is -0.172. The molecule has 0 bridgehead atoms. The van der Waals surface area contributed by atoms with Crippen molar-refractivity contribution in [2.24, 2.45) is 0 Å². The van der Waals surface area contributed by atoms with Crippen molar-refractivity contribution in [2.75, 3.05) is 7.05 Å². The van der Waals surface area contributed by atoms with Crippen molar-refractivity contribution in [3.05, 3.63) is 57.0 Å². The van der Waals surface area contributed by atoms with E-state index in [1.165, 1.54) is 17.4 Å². The lowest BCUT2D eigenvalue weighted by atomic mass is 10.0. The second-order valence-electron chi connectivity index (χ2n) is 3.77. The van der Waals surface area contributed by atoms with E-state index in [4.69, 9.17) is 11.6 Å². The first-order valence-electron chi connectivity index (χ1n) is 5.36. The molecule has 90 valence electrons. The minimum atomic E-state index is -0.172. The van der Waals surface area contributed by atoms with Gasteiger partial charge < -0.3 is 5.32 Å². The van der Waals surface area contributed by atoms with Crippen molar-refractivity contribution in [3.63, 3.8) is 0 Å². The van der Waals surface area contributed by atoms with Crippen LogP contribution < -0.4 is 5.32 Å². The number of rotatable bonds is 4. The summed E-state index contributed by atoms with van der Waals surface area (Å²) < 4.78 is 14.4. The average Bonchev–Trinajstić information content (AvgIpc) is 2.73. The molecule has 0 aliphatic rings. The van der Waals surface area contributed by atoms with Gasteiger partial charge in [-0.3, -0.25) is 0 Å². The van der Waals surface area contributed by atoms with Crippen molar-refractivity contribution in [2.45, 2.75) is 12.5 Å². The summed E-state index contributed by atoms with van der Waals surface area (Å²) in [7, 11) is 1.84. The van der Waals surface area contributed by atoms with Crippen molar-refractivity contribution in [1.29, 1.82) is 0 Å². The average molecular weight is 270 g/mol. The molecule has 1 aromatic carbocycles. The molecule has 2 rings (SSSR count). The van der Waals surface area contributed by atoms with Crippen LogP contribution in [0.1, 0.15) is 16.5 Å². The highest BCUT2D eigenvalue weighted by molar-refractivity contribution is 7.16. The predicted octanol–water partition coefficient (Wildman–Crippen LogP) is 4.04. The van der Waals surface area contributed by atoms with Gasteiger partial charge in [0.15, 0.2) is 0 Å². The highest BCUT2D eigenvalue weighted by Gasteiger charge is 2.14. The molecule has 2 aromatic rings. The van der Waals surface area contributed by atoms with E-state index < -0.39 is 0 Å². The van der Waals surface area contributed by atoms with Gasteiger partial charge in [-0.2, -0.15) is 0 Å². The molecular formula is C13H13ClFNS. The fourth-order valence-electron chi connectivity index (χ4n) is 1.79. The van der Waals surface area contributed by atoms with Crippen LogP contribution in [0.4, 0.5) is 4.39 Å². The van der Waals surface area contributed by atoms with E-state index in [9.17, 15) is 4.39 Å². The zero-order valence-electron chi connectivity index (χ0n) is 9.41. The van der Waals surface area contributed by atoms with Gasteiger partial charge in [-0.05, 0) is 25.2 Å². The maximum Gasteiger partial charge on any atom is 0.127 e. The Balaban J connectivity index is 2.20. The lowest BCUT2D eigenvalue weighted by Gasteiger charge is -2.16. The fourth-order valence-corrected chi connectivity index (χ4v) is 2.92. The SMILES string of the molecule is CNC(Cc1ccc(Cl)s1)c1ccccc1F. The van der Waals surface area contributed by atoms with Crippen molar-refractivity contribution >= 4 is 22.9 Å². The van der Waals surface area contributed by atoms with Crippen LogP contribution >= 0.6 is 22.9 Å². The Morgan fingerprint density at radius 2 is 2.06 bits per heavy atom. The molecule has 4 heteroatoms. The van der Waals surface area contributed by atoms with Gasteiger partial charge in [0, 0.05) is 22.9 Å². The fraction of sp³-hybridized carbons (Fsp3) is 0.231. The van der Waals surface area contributed by atoms with Crippen LogP contribution in [-0.2, 0) is 6.42 Å². The van der Waals surface area contributed by atoms with Gasteiger partial charge in [0.2, 0.25) is 0 Å². The summed E-state index contributed by atoms with van der Waals surface area (Å²) in [6.07, 6.45) is 0.745. The molecule has 0 amide bonds. The van der Waals surface area contributed by atoms with Crippen LogP contribution in [-0.4, -0.2) is 7.05 Å². The Morgan fingerprint density at radius 1 is 1.29 bits per heavy atom. The molecule has 1 atom stereocenters. The van der Waals surface area contributed by atoms with Gasteiger partial charge in [0.05, 0.1) is 4.34 Å². The van der Waals surface area contributed by atoms with Crippen LogP contribution in [0, 0.1) is 5.82 Å². The Morgan fingerprint density at radius 3 is 2.65 bits per heavy atom. The quantitative estimate of drug-likeness (QED) is 0.883. The van der Waals surface area contributed by atoms with Crippen LogP contribution in [0.15, 0.2) is 36.4 Å². The van der Waals surface area contributed by atoms with Gasteiger partial charge >= 0.3 is 0 Å². The monoisotopic (exact) mass is 269 g/mol. The van der Waals surface area contributed by atoms with E-state index >= 15 is 0 Å². The smallest absolute Gasteiger partial charge is 0.127 e.